The molecular weight excluding hydrogens is 757 g/mol. The molecule has 3 amide bonds. The Labute approximate surface area is 326 Å². The average Bonchev–Trinajstić information content (AvgIpc) is 3.11. The number of carboxylic acid groups (broad SMARTS) is 1. The van der Waals surface area contributed by atoms with E-state index in [9.17, 15) is 24.8 Å². The maximum absolute atomic E-state index is 14.3. The lowest BCUT2D eigenvalue weighted by atomic mass is 9.81. The van der Waals surface area contributed by atoms with E-state index in [0.717, 1.165) is 11.6 Å². The van der Waals surface area contributed by atoms with Crippen molar-refractivity contribution in [3.8, 4) is 11.5 Å². The van der Waals surface area contributed by atoms with Gasteiger partial charge in [-0.15, -0.1) is 0 Å². The normalized spacial score (nSPS) is 14.6. The highest BCUT2D eigenvalue weighted by Crippen LogP contribution is 2.46. The number of amides is 3. The van der Waals surface area contributed by atoms with E-state index >= 15 is 0 Å². The number of benzene rings is 2. The van der Waals surface area contributed by atoms with Crippen molar-refractivity contribution in [3.63, 3.8) is 0 Å². The first-order valence-corrected chi connectivity index (χ1v) is 21.5. The Kier molecular flexibility index (Phi) is 13.4. The Hall–Kier alpha value is -4.64. The molecule has 1 aliphatic heterocycles. The minimum absolute atomic E-state index is 0.0665. The number of hydrogen-bond donors (Lipinski definition) is 2. The summed E-state index contributed by atoms with van der Waals surface area (Å²) in [5.74, 6) is 0.782. The van der Waals surface area contributed by atoms with Gasteiger partial charge in [0.2, 0.25) is 0 Å². The largest absolute Gasteiger partial charge is 0.495 e. The lowest BCUT2D eigenvalue weighted by molar-refractivity contribution is -0.383. The summed E-state index contributed by atoms with van der Waals surface area (Å²) in [7, 11) is 2.89. The van der Waals surface area contributed by atoms with Crippen molar-refractivity contribution in [1.82, 2.24) is 14.9 Å². The van der Waals surface area contributed by atoms with Gasteiger partial charge in [0.1, 0.15) is 51.9 Å². The number of methoxy groups -OCH3 is 2. The third kappa shape index (κ3) is 9.91. The van der Waals surface area contributed by atoms with Gasteiger partial charge in [0.15, 0.2) is 0 Å². The lowest BCUT2D eigenvalue weighted by Crippen LogP contribution is -2.48. The topological polar surface area (TPSA) is 173 Å². The number of carbonyl (C=O) groups is 2. The lowest BCUT2D eigenvalue weighted by Gasteiger charge is -2.40. The molecule has 1 aliphatic rings. The summed E-state index contributed by atoms with van der Waals surface area (Å²) in [5, 5.41) is 25.2. The highest BCUT2D eigenvalue weighted by atomic mass is 35.5. The Morgan fingerprint density at radius 2 is 1.74 bits per heavy atom. The fraction of sp³-hybridized carbons (Fsp3) is 0.444. The van der Waals surface area contributed by atoms with Crippen LogP contribution in [0, 0.1) is 15.5 Å². The Morgan fingerprint density at radius 3 is 2.30 bits per heavy atom. The smallest absolute Gasteiger partial charge is 0.407 e. The predicted molar refractivity (Wildman–Crippen MR) is 214 cm³/mol. The third-order valence-electron chi connectivity index (χ3n) is 8.83. The summed E-state index contributed by atoms with van der Waals surface area (Å²) >= 11 is 13.5. The highest BCUT2D eigenvalue weighted by molar-refractivity contribution is 6.76. The number of aromatic nitrogens is 2. The quantitative estimate of drug-likeness (QED) is 0.0555. The zero-order valence-electron chi connectivity index (χ0n) is 31.9. The van der Waals surface area contributed by atoms with Crippen molar-refractivity contribution in [1.29, 1.82) is 0 Å². The van der Waals surface area contributed by atoms with Crippen LogP contribution in [-0.2, 0) is 4.74 Å². The van der Waals surface area contributed by atoms with E-state index in [2.05, 4.69) is 34.9 Å². The minimum Gasteiger partial charge on any atom is -0.495 e. The van der Waals surface area contributed by atoms with Gasteiger partial charge in [-0.2, -0.15) is 0 Å². The number of rotatable bonds is 13. The molecule has 2 aromatic carbocycles. The number of nitro groups is 1. The van der Waals surface area contributed by atoms with E-state index in [-0.39, 0.29) is 63.5 Å². The maximum atomic E-state index is 14.3. The van der Waals surface area contributed by atoms with Gasteiger partial charge in [-0.3, -0.25) is 19.9 Å². The molecule has 0 saturated carbocycles. The molecule has 3 aromatic rings. The molecule has 18 heteroatoms. The number of ether oxygens (including phenoxy) is 3. The molecule has 2 heterocycles. The molecule has 0 aliphatic carbocycles. The van der Waals surface area contributed by atoms with Crippen LogP contribution in [0.1, 0.15) is 32.8 Å². The molecule has 1 unspecified atom stereocenters. The fourth-order valence-electron chi connectivity index (χ4n) is 5.78. The van der Waals surface area contributed by atoms with E-state index in [4.69, 9.17) is 37.4 Å². The van der Waals surface area contributed by atoms with Crippen molar-refractivity contribution in [2.45, 2.75) is 58.9 Å². The van der Waals surface area contributed by atoms with Crippen LogP contribution in [0.3, 0.4) is 0 Å². The van der Waals surface area contributed by atoms with Crippen LogP contribution < -0.4 is 24.6 Å². The molecule has 0 radical (unpaired) electrons. The van der Waals surface area contributed by atoms with E-state index in [1.807, 2.05) is 26.8 Å². The van der Waals surface area contributed by atoms with Crippen LogP contribution in [-0.4, -0.2) is 92.3 Å². The van der Waals surface area contributed by atoms with Crippen LogP contribution in [0.4, 0.5) is 38.3 Å². The van der Waals surface area contributed by atoms with Crippen molar-refractivity contribution < 1.29 is 33.8 Å². The van der Waals surface area contributed by atoms with Gasteiger partial charge in [-0.1, -0.05) is 75.8 Å². The molecule has 0 spiro atoms. The van der Waals surface area contributed by atoms with Gasteiger partial charge >= 0.3 is 12.1 Å². The summed E-state index contributed by atoms with van der Waals surface area (Å²) in [6.07, 6.45) is 2.48. The number of nitrogens with zero attached hydrogens (tertiary/aromatic N) is 6. The molecule has 1 atom stereocenters. The number of nitrogens with one attached hydrogen (secondary N) is 1. The van der Waals surface area contributed by atoms with Crippen molar-refractivity contribution in [2.75, 3.05) is 56.3 Å². The van der Waals surface area contributed by atoms with Crippen molar-refractivity contribution >= 4 is 77.7 Å². The number of hydrogen-bond acceptors (Lipinski definition) is 10. The number of nitro benzene ring substituents is 1. The molecule has 4 rings (SSSR count). The SMILES string of the molecule is COc1cc(OC)c(Cl)c(N(COCC[Si](C)(C)C)C(=O)N(C)c2cc(Nc3ccc(C4=CC(C(C)(C)C)N(C(=O)O)CC4)cc3[N+](=O)[O-])ncn2)c1Cl. The van der Waals surface area contributed by atoms with Crippen molar-refractivity contribution in [2.24, 2.45) is 5.41 Å². The summed E-state index contributed by atoms with van der Waals surface area (Å²) in [4.78, 5) is 50.4. The number of urea groups is 1. The number of carbonyl (C=O) groups excluding carboxylic acids is 1. The second kappa shape index (κ2) is 17.2. The molecule has 0 bridgehead atoms. The standard InChI is InChI=1S/C36H47Cl2N7O8Si/c1-36(2,3)28-17-23(12-13-43(28)35(47)48)22-10-11-24(25(16-22)45(49)50)41-29-19-30(40-20-39-29)42(4)34(46)44(21-53-14-15-54(7,8)9)33-31(37)26(51-5)18-27(52-6)32(33)38/h10-11,16-20,28H,12-15,21H2,1-9H3,(H,47,48)(H,39,40,41). The van der Waals surface area contributed by atoms with E-state index in [1.54, 1.807) is 12.1 Å². The van der Waals surface area contributed by atoms with Gasteiger partial charge in [0, 0.05) is 46.5 Å². The zero-order chi connectivity index (χ0) is 40.1. The van der Waals surface area contributed by atoms with E-state index in [0.29, 0.717) is 18.6 Å². The maximum Gasteiger partial charge on any atom is 0.407 e. The summed E-state index contributed by atoms with van der Waals surface area (Å²) in [6.45, 7) is 12.9. The summed E-state index contributed by atoms with van der Waals surface area (Å²) in [5.41, 5.74) is 1.07. The monoisotopic (exact) mass is 803 g/mol. The van der Waals surface area contributed by atoms with Gasteiger partial charge < -0.3 is 29.5 Å². The van der Waals surface area contributed by atoms with Gasteiger partial charge in [-0.05, 0) is 35.1 Å². The fourth-order valence-corrected chi connectivity index (χ4v) is 7.24. The average molecular weight is 805 g/mol. The van der Waals surface area contributed by atoms with Crippen LogP contribution in [0.2, 0.25) is 35.7 Å². The molecular formula is C36H47Cl2N7O8Si. The Morgan fingerprint density at radius 1 is 1.09 bits per heavy atom. The molecule has 2 N–H and O–H groups in total. The number of halogens is 2. The first-order chi connectivity index (χ1) is 25.3. The Balaban J connectivity index is 1.66. The third-order valence-corrected chi connectivity index (χ3v) is 11.3. The first kappa shape index (κ1) is 42.1. The van der Waals surface area contributed by atoms with E-state index in [1.165, 1.54) is 60.5 Å². The molecule has 292 valence electrons. The van der Waals surface area contributed by atoms with E-state index < -0.39 is 36.6 Å². The van der Waals surface area contributed by atoms with Crippen LogP contribution >= 0.6 is 23.2 Å². The number of anilines is 4. The molecule has 1 aromatic heterocycles. The van der Waals surface area contributed by atoms with Crippen LogP contribution in [0.5, 0.6) is 11.5 Å². The van der Waals surface area contributed by atoms with Crippen molar-refractivity contribution in [3.05, 3.63) is 68.5 Å². The zero-order valence-corrected chi connectivity index (χ0v) is 34.4. The van der Waals surface area contributed by atoms with Gasteiger partial charge in [0.05, 0.1) is 30.9 Å². The molecule has 0 saturated heterocycles. The van der Waals surface area contributed by atoms with Crippen LogP contribution in [0.25, 0.3) is 5.57 Å². The first-order valence-electron chi connectivity index (χ1n) is 17.1. The summed E-state index contributed by atoms with van der Waals surface area (Å²) < 4.78 is 16.9. The Bertz CT molecular complexity index is 1890. The molecule has 54 heavy (non-hydrogen) atoms. The molecule has 15 nitrogen and oxygen atoms in total. The second-order valence-corrected chi connectivity index (χ2v) is 21.4. The highest BCUT2D eigenvalue weighted by Gasteiger charge is 2.35. The van der Waals surface area contributed by atoms with Crippen LogP contribution in [0.15, 0.2) is 42.7 Å². The van der Waals surface area contributed by atoms with Gasteiger partial charge in [0.25, 0.3) is 5.69 Å². The molecule has 0 fully saturated rings. The van der Waals surface area contributed by atoms with Gasteiger partial charge in [-0.25, -0.2) is 19.6 Å². The predicted octanol–water partition coefficient (Wildman–Crippen LogP) is 9.01. The summed E-state index contributed by atoms with van der Waals surface area (Å²) in [6, 6.07) is 7.57. The minimum atomic E-state index is -1.46. The second-order valence-electron chi connectivity index (χ2n) is 15.0.